The number of nitrogens with one attached hydrogen (secondary N) is 2. The van der Waals surface area contributed by atoms with E-state index in [0.717, 1.165) is 19.0 Å². The highest BCUT2D eigenvalue weighted by Crippen LogP contribution is 2.42. The van der Waals surface area contributed by atoms with Gasteiger partial charge in [-0.05, 0) is 44.8 Å². The van der Waals surface area contributed by atoms with Crippen molar-refractivity contribution in [2.75, 3.05) is 26.4 Å². The van der Waals surface area contributed by atoms with Crippen molar-refractivity contribution >= 4 is 41.7 Å². The minimum Gasteiger partial charge on any atom is -0.356 e. The fourth-order valence-electron chi connectivity index (χ4n) is 2.19. The first-order valence-electron chi connectivity index (χ1n) is 6.97. The minimum absolute atomic E-state index is 0. The maximum absolute atomic E-state index is 4.31. The molecular formula is C14H30IN3S. The Morgan fingerprint density at radius 3 is 2.32 bits per heavy atom. The zero-order valence-corrected chi connectivity index (χ0v) is 16.2. The van der Waals surface area contributed by atoms with Gasteiger partial charge in [0.05, 0.1) is 0 Å². The van der Waals surface area contributed by atoms with E-state index in [-0.39, 0.29) is 28.7 Å². The first kappa shape index (κ1) is 19.4. The van der Waals surface area contributed by atoms with Gasteiger partial charge >= 0.3 is 0 Å². The van der Waals surface area contributed by atoms with Gasteiger partial charge in [0.15, 0.2) is 5.96 Å². The number of aliphatic imine (C=N–C) groups is 1. The van der Waals surface area contributed by atoms with Crippen LogP contribution in [0.1, 0.15) is 46.5 Å². The van der Waals surface area contributed by atoms with Crippen LogP contribution in [0.4, 0.5) is 0 Å². The van der Waals surface area contributed by atoms with E-state index in [1.807, 2.05) is 18.8 Å². The van der Waals surface area contributed by atoms with Crippen LogP contribution >= 0.6 is 35.7 Å². The van der Waals surface area contributed by atoms with Gasteiger partial charge in [0, 0.05) is 24.9 Å². The van der Waals surface area contributed by atoms with E-state index >= 15 is 0 Å². The second-order valence-corrected chi connectivity index (χ2v) is 7.46. The summed E-state index contributed by atoms with van der Waals surface area (Å²) >= 11 is 1.88. The predicted molar refractivity (Wildman–Crippen MR) is 98.9 cm³/mol. The fourth-order valence-corrected chi connectivity index (χ4v) is 2.41. The molecule has 1 rings (SSSR count). The number of nitrogens with zero attached hydrogens (tertiary/aromatic N) is 1. The summed E-state index contributed by atoms with van der Waals surface area (Å²) < 4.78 is 0.247. The van der Waals surface area contributed by atoms with Crippen LogP contribution in [0.2, 0.25) is 0 Å². The zero-order valence-electron chi connectivity index (χ0n) is 13.0. The summed E-state index contributed by atoms with van der Waals surface area (Å²) in [4.78, 5) is 4.31. The lowest BCUT2D eigenvalue weighted by molar-refractivity contribution is 0.131. The maximum atomic E-state index is 4.31. The Morgan fingerprint density at radius 2 is 1.95 bits per heavy atom. The molecule has 0 amide bonds. The molecule has 1 fully saturated rings. The summed E-state index contributed by atoms with van der Waals surface area (Å²) in [6, 6.07) is 0. The third-order valence-corrected chi connectivity index (χ3v) is 5.50. The van der Waals surface area contributed by atoms with Crippen LogP contribution in [0.15, 0.2) is 4.99 Å². The van der Waals surface area contributed by atoms with Crippen molar-refractivity contribution in [2.45, 2.75) is 51.2 Å². The normalized spacial score (nSPS) is 18.3. The molecule has 0 aromatic carbocycles. The van der Waals surface area contributed by atoms with Crippen molar-refractivity contribution in [3.05, 3.63) is 0 Å². The number of thioether (sulfide) groups is 1. The molecule has 19 heavy (non-hydrogen) atoms. The third kappa shape index (κ3) is 6.10. The van der Waals surface area contributed by atoms with E-state index in [4.69, 9.17) is 0 Å². The summed E-state index contributed by atoms with van der Waals surface area (Å²) in [5.74, 6) is 0.942. The van der Waals surface area contributed by atoms with Gasteiger partial charge < -0.3 is 10.6 Å². The number of guanidine groups is 1. The predicted octanol–water partition coefficient (Wildman–Crippen LogP) is 3.49. The summed E-state index contributed by atoms with van der Waals surface area (Å²) in [7, 11) is 1.85. The van der Waals surface area contributed by atoms with E-state index in [1.165, 1.54) is 25.7 Å². The van der Waals surface area contributed by atoms with Gasteiger partial charge in [-0.15, -0.1) is 24.0 Å². The molecule has 114 valence electrons. The van der Waals surface area contributed by atoms with Crippen molar-refractivity contribution in [3.8, 4) is 0 Å². The molecule has 1 aliphatic carbocycles. The second kappa shape index (κ2) is 8.60. The topological polar surface area (TPSA) is 36.4 Å². The van der Waals surface area contributed by atoms with E-state index in [1.54, 1.807) is 0 Å². The van der Waals surface area contributed by atoms with Gasteiger partial charge in [-0.1, -0.05) is 13.3 Å². The molecule has 2 N–H and O–H groups in total. The van der Waals surface area contributed by atoms with Crippen molar-refractivity contribution in [1.29, 1.82) is 0 Å². The molecule has 0 spiro atoms. The SMILES string of the molecule is CCC1(CNC(=NC)NCC(C)(C)SC)CCC1.I. The van der Waals surface area contributed by atoms with Gasteiger partial charge in [0.1, 0.15) is 0 Å². The van der Waals surface area contributed by atoms with Gasteiger partial charge in [-0.3, -0.25) is 4.99 Å². The zero-order chi connectivity index (χ0) is 13.6. The monoisotopic (exact) mass is 399 g/mol. The highest BCUT2D eigenvalue weighted by molar-refractivity contribution is 14.0. The van der Waals surface area contributed by atoms with Crippen LogP contribution in [0.3, 0.4) is 0 Å². The summed E-state index contributed by atoms with van der Waals surface area (Å²) in [5.41, 5.74) is 0.534. The Kier molecular flexibility index (Phi) is 8.75. The molecule has 0 aromatic heterocycles. The van der Waals surface area contributed by atoms with Crippen LogP contribution in [0.25, 0.3) is 0 Å². The van der Waals surface area contributed by atoms with E-state index in [2.05, 4.69) is 42.7 Å². The Labute approximate surface area is 140 Å². The van der Waals surface area contributed by atoms with Gasteiger partial charge in [-0.2, -0.15) is 11.8 Å². The van der Waals surface area contributed by atoms with Crippen molar-refractivity contribution in [2.24, 2.45) is 10.4 Å². The van der Waals surface area contributed by atoms with Crippen LogP contribution in [-0.2, 0) is 0 Å². The molecule has 5 heteroatoms. The molecular weight excluding hydrogens is 369 g/mol. The van der Waals surface area contributed by atoms with Gasteiger partial charge in [0.25, 0.3) is 0 Å². The quantitative estimate of drug-likeness (QED) is 0.408. The van der Waals surface area contributed by atoms with E-state index < -0.39 is 0 Å². The summed E-state index contributed by atoms with van der Waals surface area (Å²) in [6.45, 7) is 8.79. The molecule has 0 atom stereocenters. The lowest BCUT2D eigenvalue weighted by Gasteiger charge is -2.41. The first-order valence-corrected chi connectivity index (χ1v) is 8.19. The van der Waals surface area contributed by atoms with Crippen LogP contribution in [0, 0.1) is 5.41 Å². The Balaban J connectivity index is 0.00000324. The highest BCUT2D eigenvalue weighted by atomic mass is 127. The van der Waals surface area contributed by atoms with Crippen molar-refractivity contribution in [3.63, 3.8) is 0 Å². The fraction of sp³-hybridized carbons (Fsp3) is 0.929. The first-order chi connectivity index (χ1) is 8.47. The van der Waals surface area contributed by atoms with Crippen molar-refractivity contribution in [1.82, 2.24) is 10.6 Å². The average Bonchev–Trinajstić information content (AvgIpc) is 2.32. The van der Waals surface area contributed by atoms with Gasteiger partial charge in [0.2, 0.25) is 0 Å². The second-order valence-electron chi connectivity index (χ2n) is 5.95. The molecule has 3 nitrogen and oxygen atoms in total. The lowest BCUT2D eigenvalue weighted by Crippen LogP contribution is -2.48. The number of hydrogen-bond donors (Lipinski definition) is 2. The number of rotatable bonds is 6. The molecule has 0 aromatic rings. The van der Waals surface area contributed by atoms with Crippen LogP contribution in [-0.4, -0.2) is 37.1 Å². The van der Waals surface area contributed by atoms with E-state index in [0.29, 0.717) is 5.41 Å². The van der Waals surface area contributed by atoms with Gasteiger partial charge in [-0.25, -0.2) is 0 Å². The van der Waals surface area contributed by atoms with E-state index in [9.17, 15) is 0 Å². The molecule has 0 radical (unpaired) electrons. The molecule has 0 bridgehead atoms. The highest BCUT2D eigenvalue weighted by Gasteiger charge is 2.34. The largest absolute Gasteiger partial charge is 0.356 e. The molecule has 0 saturated heterocycles. The standard InChI is InChI=1S/C14H29N3S.HI/c1-6-14(8-7-9-14)11-17-12(15-4)16-10-13(2,3)18-5;/h6-11H2,1-5H3,(H2,15,16,17);1H. The minimum atomic E-state index is 0. The third-order valence-electron chi connectivity index (χ3n) is 4.25. The molecule has 0 heterocycles. The molecule has 1 saturated carbocycles. The van der Waals surface area contributed by atoms with Crippen LogP contribution < -0.4 is 10.6 Å². The Bertz CT molecular complexity index is 283. The average molecular weight is 399 g/mol. The molecule has 0 unspecified atom stereocenters. The Hall–Kier alpha value is 0.350. The Morgan fingerprint density at radius 1 is 1.32 bits per heavy atom. The number of halogens is 1. The lowest BCUT2D eigenvalue weighted by atomic mass is 9.67. The smallest absolute Gasteiger partial charge is 0.191 e. The summed E-state index contributed by atoms with van der Waals surface area (Å²) in [6.07, 6.45) is 7.54. The van der Waals surface area contributed by atoms with Crippen LogP contribution in [0.5, 0.6) is 0 Å². The molecule has 0 aliphatic heterocycles. The maximum Gasteiger partial charge on any atom is 0.191 e. The summed E-state index contributed by atoms with van der Waals surface area (Å²) in [5, 5.41) is 6.91. The molecule has 1 aliphatic rings. The number of hydrogen-bond acceptors (Lipinski definition) is 2. The van der Waals surface area contributed by atoms with Crippen molar-refractivity contribution < 1.29 is 0 Å².